The van der Waals surface area contributed by atoms with Gasteiger partial charge in [0.1, 0.15) is 0 Å². The van der Waals surface area contributed by atoms with Crippen molar-refractivity contribution in [2.24, 2.45) is 5.92 Å². The normalized spacial score (nSPS) is 19.1. The molecular formula is C15H19N3O. The van der Waals surface area contributed by atoms with Crippen LogP contribution in [0.3, 0.4) is 0 Å². The van der Waals surface area contributed by atoms with E-state index in [1.165, 1.54) is 0 Å². The van der Waals surface area contributed by atoms with E-state index in [0.29, 0.717) is 17.9 Å². The fourth-order valence-corrected chi connectivity index (χ4v) is 2.40. The quantitative estimate of drug-likeness (QED) is 0.881. The van der Waals surface area contributed by atoms with Gasteiger partial charge in [0, 0.05) is 13.1 Å². The number of carbonyl (C=O) groups excluding carboxylic acids is 1. The number of amides is 1. The highest BCUT2D eigenvalue weighted by atomic mass is 16.1. The summed E-state index contributed by atoms with van der Waals surface area (Å²) in [5, 5.41) is 11.7. The first-order valence-electron chi connectivity index (χ1n) is 6.61. The van der Waals surface area contributed by atoms with E-state index < -0.39 is 0 Å². The predicted molar refractivity (Wildman–Crippen MR) is 73.5 cm³/mol. The van der Waals surface area contributed by atoms with Gasteiger partial charge in [-0.1, -0.05) is 12.1 Å². The molecule has 1 saturated heterocycles. The van der Waals surface area contributed by atoms with Gasteiger partial charge in [0.05, 0.1) is 18.1 Å². The van der Waals surface area contributed by atoms with Gasteiger partial charge in [-0.3, -0.25) is 4.79 Å². The van der Waals surface area contributed by atoms with Crippen molar-refractivity contribution >= 4 is 5.91 Å². The minimum Gasteiger partial charge on any atom is -0.355 e. The van der Waals surface area contributed by atoms with Crippen LogP contribution in [-0.2, 0) is 11.2 Å². The van der Waals surface area contributed by atoms with E-state index in [2.05, 4.69) is 23.3 Å². The van der Waals surface area contributed by atoms with Gasteiger partial charge in [-0.25, -0.2) is 0 Å². The van der Waals surface area contributed by atoms with Crippen molar-refractivity contribution in [3.63, 3.8) is 0 Å². The van der Waals surface area contributed by atoms with Crippen LogP contribution in [0.1, 0.15) is 17.5 Å². The molecule has 1 N–H and O–H groups in total. The zero-order valence-electron chi connectivity index (χ0n) is 11.2. The summed E-state index contributed by atoms with van der Waals surface area (Å²) < 4.78 is 0. The maximum Gasteiger partial charge on any atom is 0.224 e. The lowest BCUT2D eigenvalue weighted by atomic mass is 10.1. The average Bonchev–Trinajstić information content (AvgIpc) is 2.83. The number of nitriles is 1. The number of nitrogens with zero attached hydrogens (tertiary/aromatic N) is 2. The third kappa shape index (κ3) is 4.08. The maximum absolute atomic E-state index is 11.8. The van der Waals surface area contributed by atoms with Gasteiger partial charge in [0.25, 0.3) is 0 Å². The molecule has 1 aliphatic rings. The lowest BCUT2D eigenvalue weighted by molar-refractivity contribution is -0.120. The fraction of sp³-hybridized carbons (Fsp3) is 0.467. The number of benzene rings is 1. The van der Waals surface area contributed by atoms with Crippen LogP contribution in [0, 0.1) is 17.2 Å². The number of nitrogens with one attached hydrogen (secondary N) is 1. The van der Waals surface area contributed by atoms with Crippen molar-refractivity contribution in [2.75, 3.05) is 26.7 Å². The van der Waals surface area contributed by atoms with E-state index >= 15 is 0 Å². The first kappa shape index (κ1) is 13.6. The molecule has 0 aromatic heterocycles. The molecule has 1 amide bonds. The average molecular weight is 257 g/mol. The summed E-state index contributed by atoms with van der Waals surface area (Å²) in [6.07, 6.45) is 1.54. The molecule has 0 radical (unpaired) electrons. The molecule has 1 unspecified atom stereocenters. The van der Waals surface area contributed by atoms with Crippen molar-refractivity contribution in [3.8, 4) is 6.07 Å². The standard InChI is InChI=1S/C15H19N3O/c1-18-7-6-14(11-18)10-17-15(19)8-12-2-4-13(9-16)5-3-12/h2-5,14H,6-8,10-11H2,1H3,(H,17,19). The van der Waals surface area contributed by atoms with Crippen LogP contribution in [0.5, 0.6) is 0 Å². The van der Waals surface area contributed by atoms with Gasteiger partial charge in [0.2, 0.25) is 5.91 Å². The minimum absolute atomic E-state index is 0.0549. The van der Waals surface area contributed by atoms with Crippen molar-refractivity contribution in [2.45, 2.75) is 12.8 Å². The topological polar surface area (TPSA) is 56.1 Å². The molecular weight excluding hydrogens is 238 g/mol. The fourth-order valence-electron chi connectivity index (χ4n) is 2.40. The highest BCUT2D eigenvalue weighted by molar-refractivity contribution is 5.78. The number of hydrogen-bond acceptors (Lipinski definition) is 3. The second-order valence-corrected chi connectivity index (χ2v) is 5.21. The Bertz CT molecular complexity index is 475. The van der Waals surface area contributed by atoms with Crippen molar-refractivity contribution < 1.29 is 4.79 Å². The van der Waals surface area contributed by atoms with E-state index in [9.17, 15) is 4.79 Å². The number of likely N-dealkylation sites (tertiary alicyclic amines) is 1. The molecule has 0 bridgehead atoms. The van der Waals surface area contributed by atoms with Gasteiger partial charge in [-0.2, -0.15) is 5.26 Å². The molecule has 1 heterocycles. The Labute approximate surface area is 114 Å². The molecule has 1 fully saturated rings. The Morgan fingerprint density at radius 1 is 1.47 bits per heavy atom. The van der Waals surface area contributed by atoms with E-state index in [4.69, 9.17) is 5.26 Å². The number of carbonyl (C=O) groups is 1. The van der Waals surface area contributed by atoms with Crippen LogP contribution in [0.25, 0.3) is 0 Å². The third-order valence-corrected chi connectivity index (χ3v) is 3.52. The van der Waals surface area contributed by atoms with E-state index in [1.807, 2.05) is 12.1 Å². The lowest BCUT2D eigenvalue weighted by Gasteiger charge is -2.11. The van der Waals surface area contributed by atoms with Crippen LogP contribution in [-0.4, -0.2) is 37.5 Å². The van der Waals surface area contributed by atoms with Crippen LogP contribution in [0.2, 0.25) is 0 Å². The summed E-state index contributed by atoms with van der Waals surface area (Å²) in [6.45, 7) is 2.95. The zero-order valence-corrected chi connectivity index (χ0v) is 11.2. The Hall–Kier alpha value is -1.86. The number of hydrogen-bond donors (Lipinski definition) is 1. The van der Waals surface area contributed by atoms with Crippen LogP contribution in [0.4, 0.5) is 0 Å². The van der Waals surface area contributed by atoms with Gasteiger partial charge < -0.3 is 10.2 Å². The molecule has 0 spiro atoms. The van der Waals surface area contributed by atoms with Gasteiger partial charge >= 0.3 is 0 Å². The molecule has 0 saturated carbocycles. The smallest absolute Gasteiger partial charge is 0.224 e. The first-order valence-corrected chi connectivity index (χ1v) is 6.61. The Kier molecular flexibility index (Phi) is 4.53. The van der Waals surface area contributed by atoms with E-state index in [0.717, 1.165) is 31.6 Å². The molecule has 1 aliphatic heterocycles. The molecule has 1 aromatic rings. The number of rotatable bonds is 4. The molecule has 1 aromatic carbocycles. The Balaban J connectivity index is 1.76. The molecule has 4 heteroatoms. The maximum atomic E-state index is 11.8. The molecule has 19 heavy (non-hydrogen) atoms. The second-order valence-electron chi connectivity index (χ2n) is 5.21. The third-order valence-electron chi connectivity index (χ3n) is 3.52. The first-order chi connectivity index (χ1) is 9.17. The van der Waals surface area contributed by atoms with Crippen molar-refractivity contribution in [1.82, 2.24) is 10.2 Å². The molecule has 1 atom stereocenters. The van der Waals surface area contributed by atoms with E-state index in [1.54, 1.807) is 12.1 Å². The molecule has 100 valence electrons. The Morgan fingerprint density at radius 2 is 2.21 bits per heavy atom. The van der Waals surface area contributed by atoms with Crippen molar-refractivity contribution in [3.05, 3.63) is 35.4 Å². The van der Waals surface area contributed by atoms with Crippen molar-refractivity contribution in [1.29, 1.82) is 5.26 Å². The van der Waals surface area contributed by atoms with E-state index in [-0.39, 0.29) is 5.91 Å². The summed E-state index contributed by atoms with van der Waals surface area (Å²) in [5.41, 5.74) is 1.57. The van der Waals surface area contributed by atoms with Crippen LogP contribution < -0.4 is 5.32 Å². The SMILES string of the molecule is CN1CCC(CNC(=O)Cc2ccc(C#N)cc2)C1. The summed E-state index contributed by atoms with van der Waals surface area (Å²) >= 11 is 0. The lowest BCUT2D eigenvalue weighted by Crippen LogP contribution is -2.31. The second kappa shape index (κ2) is 6.35. The molecule has 0 aliphatic carbocycles. The van der Waals surface area contributed by atoms with Crippen LogP contribution >= 0.6 is 0 Å². The highest BCUT2D eigenvalue weighted by Crippen LogP contribution is 2.12. The highest BCUT2D eigenvalue weighted by Gasteiger charge is 2.19. The summed E-state index contributed by atoms with van der Waals surface area (Å²) in [5.74, 6) is 0.633. The Morgan fingerprint density at radius 3 is 2.79 bits per heavy atom. The summed E-state index contributed by atoms with van der Waals surface area (Å²) in [4.78, 5) is 14.1. The molecule has 4 nitrogen and oxygen atoms in total. The monoisotopic (exact) mass is 257 g/mol. The van der Waals surface area contributed by atoms with Crippen LogP contribution in [0.15, 0.2) is 24.3 Å². The predicted octanol–water partition coefficient (Wildman–Crippen LogP) is 1.17. The zero-order chi connectivity index (χ0) is 13.7. The summed E-state index contributed by atoms with van der Waals surface area (Å²) in [7, 11) is 2.11. The minimum atomic E-state index is 0.0549. The molecule has 2 rings (SSSR count). The largest absolute Gasteiger partial charge is 0.355 e. The van der Waals surface area contributed by atoms with Gasteiger partial charge in [-0.15, -0.1) is 0 Å². The van der Waals surface area contributed by atoms with Gasteiger partial charge in [0.15, 0.2) is 0 Å². The summed E-state index contributed by atoms with van der Waals surface area (Å²) in [6, 6.07) is 9.23. The van der Waals surface area contributed by atoms with Gasteiger partial charge in [-0.05, 0) is 43.6 Å².